The van der Waals surface area contributed by atoms with Crippen molar-refractivity contribution in [1.82, 2.24) is 0 Å². The van der Waals surface area contributed by atoms with Crippen molar-refractivity contribution in [2.24, 2.45) is 0 Å². The maximum absolute atomic E-state index is 10.9. The highest BCUT2D eigenvalue weighted by Gasteiger charge is 2.09. The lowest BCUT2D eigenvalue weighted by molar-refractivity contribution is 0.108. The maximum atomic E-state index is 10.9. The lowest BCUT2D eigenvalue weighted by Crippen LogP contribution is -2.00. The molecule has 0 saturated heterocycles. The van der Waals surface area contributed by atoms with Gasteiger partial charge in [0, 0.05) is 5.56 Å². The molecule has 3 nitrogen and oxygen atoms in total. The molecule has 0 unspecified atom stereocenters. The third-order valence-electron chi connectivity index (χ3n) is 1.77. The number of carbonyl (C=O) groups excluding carboxylic acids is 1. The predicted octanol–water partition coefficient (Wildman–Crippen LogP) is 2.86. The summed E-state index contributed by atoms with van der Waals surface area (Å²) in [5, 5.41) is -0.501. The highest BCUT2D eigenvalue weighted by atomic mass is 35.5. The van der Waals surface area contributed by atoms with Gasteiger partial charge in [0.15, 0.2) is 11.5 Å². The van der Waals surface area contributed by atoms with E-state index in [1.807, 2.05) is 13.8 Å². The van der Waals surface area contributed by atoms with Gasteiger partial charge < -0.3 is 9.47 Å². The molecule has 0 spiro atoms. The molecule has 0 aliphatic carbocycles. The van der Waals surface area contributed by atoms with Crippen LogP contribution in [0.1, 0.15) is 24.2 Å². The first-order valence-electron chi connectivity index (χ1n) is 4.78. The Morgan fingerprint density at radius 1 is 1.20 bits per heavy atom. The standard InChI is InChI=1S/C11H13ClO3/c1-3-14-9-6-5-8(11(12)13)7-10(9)15-4-2/h5-7H,3-4H2,1-2H3. The predicted molar refractivity (Wildman–Crippen MR) is 59.0 cm³/mol. The van der Waals surface area contributed by atoms with Crippen LogP contribution in [0.2, 0.25) is 0 Å². The molecule has 0 aliphatic heterocycles. The Bertz CT molecular complexity index is 350. The molecule has 82 valence electrons. The van der Waals surface area contributed by atoms with Crippen molar-refractivity contribution in [3.8, 4) is 11.5 Å². The van der Waals surface area contributed by atoms with E-state index in [9.17, 15) is 4.79 Å². The number of hydrogen-bond donors (Lipinski definition) is 0. The van der Waals surface area contributed by atoms with Gasteiger partial charge in [0.2, 0.25) is 0 Å². The zero-order chi connectivity index (χ0) is 11.3. The molecule has 0 aliphatic rings. The number of halogens is 1. The molecule has 0 heterocycles. The summed E-state index contributed by atoms with van der Waals surface area (Å²) >= 11 is 5.37. The van der Waals surface area contributed by atoms with E-state index in [2.05, 4.69) is 0 Å². The molecule has 0 fully saturated rings. The van der Waals surface area contributed by atoms with Crippen molar-refractivity contribution < 1.29 is 14.3 Å². The Morgan fingerprint density at radius 2 is 1.80 bits per heavy atom. The maximum Gasteiger partial charge on any atom is 0.252 e. The normalized spacial score (nSPS) is 9.80. The number of carbonyl (C=O) groups is 1. The van der Waals surface area contributed by atoms with E-state index in [1.165, 1.54) is 0 Å². The van der Waals surface area contributed by atoms with Gasteiger partial charge in [-0.1, -0.05) is 0 Å². The average Bonchev–Trinajstić information content (AvgIpc) is 2.21. The van der Waals surface area contributed by atoms with Crippen LogP contribution >= 0.6 is 11.6 Å². The number of hydrogen-bond acceptors (Lipinski definition) is 3. The van der Waals surface area contributed by atoms with E-state index >= 15 is 0 Å². The second-order valence-electron chi connectivity index (χ2n) is 2.80. The molecule has 0 amide bonds. The highest BCUT2D eigenvalue weighted by molar-refractivity contribution is 6.67. The largest absolute Gasteiger partial charge is 0.490 e. The Labute approximate surface area is 93.9 Å². The van der Waals surface area contributed by atoms with E-state index < -0.39 is 5.24 Å². The minimum Gasteiger partial charge on any atom is -0.490 e. The minimum atomic E-state index is -0.501. The zero-order valence-corrected chi connectivity index (χ0v) is 9.50. The van der Waals surface area contributed by atoms with E-state index in [-0.39, 0.29) is 0 Å². The van der Waals surface area contributed by atoms with Crippen LogP contribution < -0.4 is 9.47 Å². The van der Waals surface area contributed by atoms with Crippen LogP contribution in [0.25, 0.3) is 0 Å². The molecular formula is C11H13ClO3. The quantitative estimate of drug-likeness (QED) is 0.727. The van der Waals surface area contributed by atoms with Crippen molar-refractivity contribution in [2.45, 2.75) is 13.8 Å². The highest BCUT2D eigenvalue weighted by Crippen LogP contribution is 2.28. The Hall–Kier alpha value is -1.22. The lowest BCUT2D eigenvalue weighted by atomic mass is 10.2. The molecule has 0 saturated carbocycles. The van der Waals surface area contributed by atoms with Crippen molar-refractivity contribution >= 4 is 16.8 Å². The summed E-state index contributed by atoms with van der Waals surface area (Å²) in [6.45, 7) is 4.81. The summed E-state index contributed by atoms with van der Waals surface area (Å²) in [7, 11) is 0. The van der Waals surface area contributed by atoms with Gasteiger partial charge in [-0.15, -0.1) is 0 Å². The van der Waals surface area contributed by atoms with Gasteiger partial charge in [-0.05, 0) is 43.6 Å². The van der Waals surface area contributed by atoms with Crippen LogP contribution in [0.3, 0.4) is 0 Å². The summed E-state index contributed by atoms with van der Waals surface area (Å²) in [4.78, 5) is 10.9. The molecule has 0 radical (unpaired) electrons. The summed E-state index contributed by atoms with van der Waals surface area (Å²) in [5.74, 6) is 1.17. The van der Waals surface area contributed by atoms with Gasteiger partial charge in [-0.3, -0.25) is 4.79 Å². The first kappa shape index (κ1) is 11.9. The second kappa shape index (κ2) is 5.61. The molecule has 0 atom stereocenters. The first-order chi connectivity index (χ1) is 7.19. The fourth-order valence-electron chi connectivity index (χ4n) is 1.17. The van der Waals surface area contributed by atoms with Gasteiger partial charge in [0.25, 0.3) is 5.24 Å². The molecule has 1 rings (SSSR count). The topological polar surface area (TPSA) is 35.5 Å². The van der Waals surface area contributed by atoms with Gasteiger partial charge in [0.05, 0.1) is 13.2 Å². The monoisotopic (exact) mass is 228 g/mol. The van der Waals surface area contributed by atoms with Gasteiger partial charge >= 0.3 is 0 Å². The Kier molecular flexibility index (Phi) is 4.43. The number of rotatable bonds is 5. The van der Waals surface area contributed by atoms with Crippen molar-refractivity contribution in [3.63, 3.8) is 0 Å². The van der Waals surface area contributed by atoms with Crippen molar-refractivity contribution in [3.05, 3.63) is 23.8 Å². The third kappa shape index (κ3) is 3.13. The van der Waals surface area contributed by atoms with Crippen LogP contribution in [0.15, 0.2) is 18.2 Å². The zero-order valence-electron chi connectivity index (χ0n) is 8.75. The molecular weight excluding hydrogens is 216 g/mol. The fourth-order valence-corrected chi connectivity index (χ4v) is 1.29. The minimum absolute atomic E-state index is 0.406. The lowest BCUT2D eigenvalue weighted by Gasteiger charge is -2.10. The van der Waals surface area contributed by atoms with E-state index in [0.717, 1.165) is 0 Å². The van der Waals surface area contributed by atoms with Gasteiger partial charge in [-0.25, -0.2) is 0 Å². The summed E-state index contributed by atoms with van der Waals surface area (Å²) in [6, 6.07) is 4.89. The first-order valence-corrected chi connectivity index (χ1v) is 5.16. The number of benzene rings is 1. The molecule has 15 heavy (non-hydrogen) atoms. The van der Waals surface area contributed by atoms with Gasteiger partial charge in [-0.2, -0.15) is 0 Å². The Morgan fingerprint density at radius 3 is 2.33 bits per heavy atom. The molecule has 0 bridgehead atoms. The molecule has 1 aromatic carbocycles. The van der Waals surface area contributed by atoms with Crippen LogP contribution in [0.4, 0.5) is 0 Å². The summed E-state index contributed by atoms with van der Waals surface area (Å²) < 4.78 is 10.7. The summed E-state index contributed by atoms with van der Waals surface area (Å²) in [6.07, 6.45) is 0. The molecule has 0 aromatic heterocycles. The summed E-state index contributed by atoms with van der Waals surface area (Å²) in [5.41, 5.74) is 0.406. The van der Waals surface area contributed by atoms with Crippen LogP contribution in [0.5, 0.6) is 11.5 Å². The van der Waals surface area contributed by atoms with Crippen molar-refractivity contribution in [1.29, 1.82) is 0 Å². The second-order valence-corrected chi connectivity index (χ2v) is 3.14. The number of ether oxygens (including phenoxy) is 2. The Balaban J connectivity index is 3.02. The van der Waals surface area contributed by atoms with Crippen LogP contribution in [0, 0.1) is 0 Å². The molecule has 0 N–H and O–H groups in total. The van der Waals surface area contributed by atoms with E-state index in [4.69, 9.17) is 21.1 Å². The van der Waals surface area contributed by atoms with Crippen LogP contribution in [-0.4, -0.2) is 18.5 Å². The smallest absolute Gasteiger partial charge is 0.252 e. The fraction of sp³-hybridized carbons (Fsp3) is 0.364. The molecule has 4 heteroatoms. The van der Waals surface area contributed by atoms with Crippen molar-refractivity contribution in [2.75, 3.05) is 13.2 Å². The van der Waals surface area contributed by atoms with E-state index in [1.54, 1.807) is 18.2 Å². The molecule has 1 aromatic rings. The van der Waals surface area contributed by atoms with Gasteiger partial charge in [0.1, 0.15) is 0 Å². The average molecular weight is 229 g/mol. The van der Waals surface area contributed by atoms with Crippen LogP contribution in [-0.2, 0) is 0 Å². The SMILES string of the molecule is CCOc1ccc(C(=O)Cl)cc1OCC. The third-order valence-corrected chi connectivity index (χ3v) is 1.99. The van der Waals surface area contributed by atoms with E-state index in [0.29, 0.717) is 30.3 Å².